The van der Waals surface area contributed by atoms with E-state index in [-0.39, 0.29) is 5.78 Å². The normalized spacial score (nSPS) is 14.0. The number of Topliss-reactive ketones (excluding diaryl/α,β-unsaturated/α-hetero) is 1. The number of pyridine rings is 2. The Bertz CT molecular complexity index is 1750. The lowest BCUT2D eigenvalue weighted by Crippen LogP contribution is -2.27. The molecule has 7 nitrogen and oxygen atoms in total. The highest BCUT2D eigenvalue weighted by atomic mass is 16.5. The molecule has 2 aromatic carbocycles. The number of ketones is 1. The van der Waals surface area contributed by atoms with Gasteiger partial charge in [-0.15, -0.1) is 0 Å². The van der Waals surface area contributed by atoms with Crippen molar-refractivity contribution < 1.29 is 14.3 Å². The van der Waals surface area contributed by atoms with Gasteiger partial charge in [0.15, 0.2) is 5.78 Å². The van der Waals surface area contributed by atoms with E-state index in [1.165, 1.54) is 5.56 Å². The standard InChI is InChI=1S/C32H32N4O3/c1-18-15-24-21(7-9-23(35-24)25-16-33-17-36(25)6)29(27(18)31(19(2)37)39-32(3,4)5)22-8-10-26-28-20(12-14-38-26)11-13-34-30(22)28/h7-11,13,15-17,31H,12,14H2,1-6H3/t31-/m1/s1. The van der Waals surface area contributed by atoms with E-state index in [1.807, 2.05) is 63.8 Å². The van der Waals surface area contributed by atoms with Gasteiger partial charge < -0.3 is 14.0 Å². The van der Waals surface area contributed by atoms with Gasteiger partial charge in [0.1, 0.15) is 11.9 Å². The first-order valence-corrected chi connectivity index (χ1v) is 13.3. The van der Waals surface area contributed by atoms with Gasteiger partial charge in [0.25, 0.3) is 0 Å². The summed E-state index contributed by atoms with van der Waals surface area (Å²) in [6, 6.07) is 12.3. The number of nitrogens with zero attached hydrogens (tertiary/aromatic N) is 4. The molecule has 1 aliphatic heterocycles. The van der Waals surface area contributed by atoms with Crippen molar-refractivity contribution in [1.29, 1.82) is 0 Å². The summed E-state index contributed by atoms with van der Waals surface area (Å²) >= 11 is 0. The van der Waals surface area contributed by atoms with Crippen molar-refractivity contribution in [1.82, 2.24) is 19.5 Å². The fraction of sp³-hybridized carbons (Fsp3) is 0.312. The highest BCUT2D eigenvalue weighted by Crippen LogP contribution is 2.45. The number of carbonyl (C=O) groups is 1. The molecular formula is C32H32N4O3. The molecule has 5 aromatic rings. The molecule has 0 aliphatic carbocycles. The first kappa shape index (κ1) is 25.2. The van der Waals surface area contributed by atoms with Gasteiger partial charge in [-0.05, 0) is 93.3 Å². The first-order chi connectivity index (χ1) is 18.6. The van der Waals surface area contributed by atoms with Crippen LogP contribution in [0.5, 0.6) is 5.75 Å². The molecule has 7 heteroatoms. The number of aromatic nitrogens is 4. The zero-order chi connectivity index (χ0) is 27.5. The maximum Gasteiger partial charge on any atom is 0.163 e. The van der Waals surface area contributed by atoms with Gasteiger partial charge in [0.05, 0.1) is 47.2 Å². The van der Waals surface area contributed by atoms with Gasteiger partial charge in [-0.3, -0.25) is 9.78 Å². The molecule has 6 rings (SSSR count). The summed E-state index contributed by atoms with van der Waals surface area (Å²) in [7, 11) is 1.96. The van der Waals surface area contributed by atoms with Crippen LogP contribution in [0.4, 0.5) is 0 Å². The van der Waals surface area contributed by atoms with Crippen LogP contribution in [0.2, 0.25) is 0 Å². The lowest BCUT2D eigenvalue weighted by atomic mass is 9.85. The van der Waals surface area contributed by atoms with E-state index >= 15 is 0 Å². The number of carbonyl (C=O) groups excluding carboxylic acids is 1. The Balaban J connectivity index is 1.71. The molecule has 0 bridgehead atoms. The van der Waals surface area contributed by atoms with Crippen molar-refractivity contribution in [2.75, 3.05) is 6.61 Å². The van der Waals surface area contributed by atoms with Crippen LogP contribution in [0.1, 0.15) is 50.5 Å². The van der Waals surface area contributed by atoms with Crippen LogP contribution in [-0.4, -0.2) is 37.5 Å². The number of ether oxygens (including phenoxy) is 2. The van der Waals surface area contributed by atoms with E-state index in [9.17, 15) is 4.79 Å². The van der Waals surface area contributed by atoms with Crippen molar-refractivity contribution in [2.45, 2.75) is 52.7 Å². The van der Waals surface area contributed by atoms with Gasteiger partial charge in [0.2, 0.25) is 0 Å². The van der Waals surface area contributed by atoms with Crippen LogP contribution < -0.4 is 4.74 Å². The summed E-state index contributed by atoms with van der Waals surface area (Å²) < 4.78 is 14.4. The van der Waals surface area contributed by atoms with Crippen LogP contribution in [-0.2, 0) is 23.0 Å². The highest BCUT2D eigenvalue weighted by molar-refractivity contribution is 6.08. The number of hydrogen-bond donors (Lipinski definition) is 0. The van der Waals surface area contributed by atoms with Crippen LogP contribution in [0.3, 0.4) is 0 Å². The minimum Gasteiger partial charge on any atom is -0.493 e. The second-order valence-corrected chi connectivity index (χ2v) is 11.3. The molecule has 0 amide bonds. The Morgan fingerprint density at radius 1 is 1.15 bits per heavy atom. The summed E-state index contributed by atoms with van der Waals surface area (Å²) in [4.78, 5) is 27.4. The van der Waals surface area contributed by atoms with Crippen molar-refractivity contribution in [3.05, 3.63) is 71.8 Å². The molecule has 198 valence electrons. The predicted molar refractivity (Wildman–Crippen MR) is 153 cm³/mol. The van der Waals surface area contributed by atoms with Crippen molar-refractivity contribution in [2.24, 2.45) is 7.05 Å². The summed E-state index contributed by atoms with van der Waals surface area (Å²) in [5.74, 6) is 0.791. The first-order valence-electron chi connectivity index (χ1n) is 13.3. The molecule has 0 radical (unpaired) electrons. The number of hydrogen-bond acceptors (Lipinski definition) is 6. The predicted octanol–water partition coefficient (Wildman–Crippen LogP) is 6.54. The maximum atomic E-state index is 13.2. The van der Waals surface area contributed by atoms with Crippen LogP contribution >= 0.6 is 0 Å². The smallest absolute Gasteiger partial charge is 0.163 e. The van der Waals surface area contributed by atoms with Gasteiger partial charge in [-0.1, -0.05) is 0 Å². The summed E-state index contributed by atoms with van der Waals surface area (Å²) in [5.41, 5.74) is 7.77. The molecule has 4 heterocycles. The minimum atomic E-state index is -0.747. The number of fused-ring (bicyclic) bond motifs is 1. The molecule has 1 atom stereocenters. The largest absolute Gasteiger partial charge is 0.493 e. The zero-order valence-corrected chi connectivity index (χ0v) is 23.2. The quantitative estimate of drug-likeness (QED) is 0.262. The van der Waals surface area contributed by atoms with Gasteiger partial charge in [-0.2, -0.15) is 0 Å². The molecular weight excluding hydrogens is 488 g/mol. The fourth-order valence-electron chi connectivity index (χ4n) is 5.60. The van der Waals surface area contributed by atoms with Crippen LogP contribution in [0, 0.1) is 6.92 Å². The van der Waals surface area contributed by atoms with Crippen molar-refractivity contribution in [3.63, 3.8) is 0 Å². The Labute approximate surface area is 227 Å². The number of imidazole rings is 1. The Kier molecular flexibility index (Phi) is 5.99. The molecule has 39 heavy (non-hydrogen) atoms. The fourth-order valence-corrected chi connectivity index (χ4v) is 5.60. The summed E-state index contributed by atoms with van der Waals surface area (Å²) in [6.45, 7) is 10.2. The third kappa shape index (κ3) is 4.36. The lowest BCUT2D eigenvalue weighted by Gasteiger charge is -2.30. The molecule has 0 spiro atoms. The van der Waals surface area contributed by atoms with E-state index in [4.69, 9.17) is 19.4 Å². The number of benzene rings is 2. The highest BCUT2D eigenvalue weighted by Gasteiger charge is 2.31. The number of rotatable bonds is 5. The molecule has 1 aliphatic rings. The second-order valence-electron chi connectivity index (χ2n) is 11.3. The molecule has 0 unspecified atom stereocenters. The van der Waals surface area contributed by atoms with E-state index in [0.29, 0.717) is 6.61 Å². The van der Waals surface area contributed by atoms with E-state index in [2.05, 4.69) is 29.2 Å². The SMILES string of the molecule is CC(=O)[C@@H](OC(C)(C)C)c1c(C)cc2nc(-c3cncn3C)ccc2c1-c1ccc2c3c(ccnc13)CCO2. The molecule has 0 fully saturated rings. The Morgan fingerprint density at radius 2 is 1.97 bits per heavy atom. The van der Waals surface area contributed by atoms with E-state index in [0.717, 1.165) is 67.6 Å². The minimum absolute atomic E-state index is 0.0490. The monoisotopic (exact) mass is 520 g/mol. The van der Waals surface area contributed by atoms with Crippen LogP contribution in [0.25, 0.3) is 44.3 Å². The summed E-state index contributed by atoms with van der Waals surface area (Å²) in [5, 5.41) is 1.96. The Hall–Kier alpha value is -4.10. The van der Waals surface area contributed by atoms with Crippen LogP contribution in [0.15, 0.2) is 55.1 Å². The average Bonchev–Trinajstić information content (AvgIpc) is 3.32. The molecule has 3 aromatic heterocycles. The van der Waals surface area contributed by atoms with Gasteiger partial charge in [0, 0.05) is 36.0 Å². The van der Waals surface area contributed by atoms with Gasteiger partial charge >= 0.3 is 0 Å². The van der Waals surface area contributed by atoms with E-state index < -0.39 is 11.7 Å². The number of aryl methyl sites for hydroxylation is 2. The lowest BCUT2D eigenvalue weighted by molar-refractivity contribution is -0.138. The van der Waals surface area contributed by atoms with Gasteiger partial charge in [-0.25, -0.2) is 9.97 Å². The third-order valence-corrected chi connectivity index (χ3v) is 7.26. The van der Waals surface area contributed by atoms with Crippen molar-refractivity contribution >= 4 is 27.6 Å². The molecule has 0 saturated heterocycles. The Morgan fingerprint density at radius 3 is 2.69 bits per heavy atom. The van der Waals surface area contributed by atoms with Crippen molar-refractivity contribution in [3.8, 4) is 28.3 Å². The second kappa shape index (κ2) is 9.27. The molecule has 0 N–H and O–H groups in total. The molecule has 0 saturated carbocycles. The maximum absolute atomic E-state index is 13.2. The topological polar surface area (TPSA) is 79.1 Å². The average molecular weight is 521 g/mol. The summed E-state index contributed by atoms with van der Waals surface area (Å²) in [6.07, 6.45) is 5.53. The third-order valence-electron chi connectivity index (χ3n) is 7.26. The zero-order valence-electron chi connectivity index (χ0n) is 23.2. The van der Waals surface area contributed by atoms with E-state index in [1.54, 1.807) is 13.3 Å².